The third-order valence-electron chi connectivity index (χ3n) is 3.77. The Morgan fingerprint density at radius 1 is 1.21 bits per heavy atom. The molecule has 0 saturated heterocycles. The van der Waals surface area contributed by atoms with Crippen LogP contribution in [0.4, 0.5) is 11.5 Å². The second kappa shape index (κ2) is 4.67. The van der Waals surface area contributed by atoms with Gasteiger partial charge in [-0.1, -0.05) is 24.3 Å². The Bertz CT molecular complexity index is 605. The maximum Gasteiger partial charge on any atom is 0.133 e. The second-order valence-electron chi connectivity index (χ2n) is 5.16. The van der Waals surface area contributed by atoms with Gasteiger partial charge in [0.15, 0.2) is 0 Å². The third kappa shape index (κ3) is 2.10. The molecule has 1 aliphatic heterocycles. The Balaban J connectivity index is 1.99. The molecule has 3 rings (SSSR count). The fourth-order valence-electron chi connectivity index (χ4n) is 2.77. The van der Waals surface area contributed by atoms with E-state index in [4.69, 9.17) is 10.7 Å². The number of nitrogens with two attached hydrogens (primary N) is 1. The quantitative estimate of drug-likeness (QED) is 0.894. The fourth-order valence-corrected chi connectivity index (χ4v) is 2.77. The first-order chi connectivity index (χ1) is 9.16. The molecule has 1 aliphatic rings. The summed E-state index contributed by atoms with van der Waals surface area (Å²) in [5.74, 6) is 1.02. The Hall–Kier alpha value is -1.87. The molecular weight excluding hydrogens is 234 g/mol. The SMILES string of the molecule is Cc1nc(N2CCc3ccccc32)ccc1[C@H](C)N. The van der Waals surface area contributed by atoms with Gasteiger partial charge >= 0.3 is 0 Å². The van der Waals surface area contributed by atoms with Gasteiger partial charge in [0.05, 0.1) is 0 Å². The Kier molecular flexibility index (Phi) is 2.99. The van der Waals surface area contributed by atoms with Gasteiger partial charge in [0, 0.05) is 24.0 Å². The van der Waals surface area contributed by atoms with Crippen LogP contribution in [0.25, 0.3) is 0 Å². The van der Waals surface area contributed by atoms with Crippen molar-refractivity contribution in [3.05, 3.63) is 53.2 Å². The second-order valence-corrected chi connectivity index (χ2v) is 5.16. The van der Waals surface area contributed by atoms with Crippen LogP contribution >= 0.6 is 0 Å². The Labute approximate surface area is 114 Å². The summed E-state index contributed by atoms with van der Waals surface area (Å²) in [6.45, 7) is 5.03. The molecule has 2 N–H and O–H groups in total. The van der Waals surface area contributed by atoms with Gasteiger partial charge < -0.3 is 10.6 Å². The number of pyridine rings is 1. The van der Waals surface area contributed by atoms with E-state index in [1.54, 1.807) is 0 Å². The number of para-hydroxylation sites is 1. The van der Waals surface area contributed by atoms with Crippen molar-refractivity contribution in [1.82, 2.24) is 4.98 Å². The van der Waals surface area contributed by atoms with E-state index in [0.29, 0.717) is 0 Å². The highest BCUT2D eigenvalue weighted by molar-refractivity contribution is 5.67. The molecule has 98 valence electrons. The van der Waals surface area contributed by atoms with Gasteiger partial charge in [-0.2, -0.15) is 0 Å². The van der Waals surface area contributed by atoms with E-state index in [1.807, 2.05) is 13.8 Å². The van der Waals surface area contributed by atoms with E-state index in [9.17, 15) is 0 Å². The minimum absolute atomic E-state index is 0.0346. The number of hydrogen-bond donors (Lipinski definition) is 1. The average molecular weight is 253 g/mol. The molecule has 1 atom stereocenters. The van der Waals surface area contributed by atoms with Gasteiger partial charge in [0.2, 0.25) is 0 Å². The van der Waals surface area contributed by atoms with E-state index in [0.717, 1.165) is 30.0 Å². The zero-order chi connectivity index (χ0) is 13.4. The molecule has 0 amide bonds. The van der Waals surface area contributed by atoms with Crippen LogP contribution in [-0.2, 0) is 6.42 Å². The van der Waals surface area contributed by atoms with Crippen LogP contribution in [0.2, 0.25) is 0 Å². The molecule has 0 bridgehead atoms. The highest BCUT2D eigenvalue weighted by Crippen LogP contribution is 2.33. The maximum absolute atomic E-state index is 5.94. The van der Waals surface area contributed by atoms with Gasteiger partial charge in [-0.15, -0.1) is 0 Å². The summed E-state index contributed by atoms with van der Waals surface area (Å²) >= 11 is 0. The largest absolute Gasteiger partial charge is 0.326 e. The summed E-state index contributed by atoms with van der Waals surface area (Å²) in [4.78, 5) is 7.01. The van der Waals surface area contributed by atoms with Crippen molar-refractivity contribution in [3.8, 4) is 0 Å². The predicted octanol–water partition coefficient (Wildman–Crippen LogP) is 3.10. The van der Waals surface area contributed by atoms with Crippen LogP contribution in [0, 0.1) is 6.92 Å². The van der Waals surface area contributed by atoms with Crippen molar-refractivity contribution >= 4 is 11.5 Å². The first kappa shape index (κ1) is 12.2. The normalized spacial score (nSPS) is 15.4. The fraction of sp³-hybridized carbons (Fsp3) is 0.312. The number of nitrogens with zero attached hydrogens (tertiary/aromatic N) is 2. The van der Waals surface area contributed by atoms with Crippen molar-refractivity contribution in [2.75, 3.05) is 11.4 Å². The molecule has 2 aromatic rings. The molecule has 3 nitrogen and oxygen atoms in total. The van der Waals surface area contributed by atoms with Crippen LogP contribution in [0.5, 0.6) is 0 Å². The number of fused-ring (bicyclic) bond motifs is 1. The van der Waals surface area contributed by atoms with E-state index in [2.05, 4.69) is 41.3 Å². The lowest BCUT2D eigenvalue weighted by atomic mass is 10.1. The Morgan fingerprint density at radius 2 is 2.00 bits per heavy atom. The summed E-state index contributed by atoms with van der Waals surface area (Å²) in [7, 11) is 0. The number of benzene rings is 1. The zero-order valence-corrected chi connectivity index (χ0v) is 11.4. The van der Waals surface area contributed by atoms with Crippen molar-refractivity contribution in [1.29, 1.82) is 0 Å². The van der Waals surface area contributed by atoms with Crippen molar-refractivity contribution < 1.29 is 0 Å². The van der Waals surface area contributed by atoms with E-state index in [-0.39, 0.29) is 6.04 Å². The van der Waals surface area contributed by atoms with Crippen molar-refractivity contribution in [3.63, 3.8) is 0 Å². The van der Waals surface area contributed by atoms with Crippen molar-refractivity contribution in [2.45, 2.75) is 26.3 Å². The number of anilines is 2. The Morgan fingerprint density at radius 3 is 2.74 bits per heavy atom. The highest BCUT2D eigenvalue weighted by atomic mass is 15.2. The minimum Gasteiger partial charge on any atom is -0.326 e. The van der Waals surface area contributed by atoms with E-state index in [1.165, 1.54) is 11.3 Å². The first-order valence-corrected chi connectivity index (χ1v) is 6.75. The van der Waals surface area contributed by atoms with Gasteiger partial charge in [-0.3, -0.25) is 0 Å². The lowest BCUT2D eigenvalue weighted by Crippen LogP contribution is -2.16. The summed E-state index contributed by atoms with van der Waals surface area (Å²) < 4.78 is 0. The summed E-state index contributed by atoms with van der Waals surface area (Å²) in [6.07, 6.45) is 1.09. The lowest BCUT2D eigenvalue weighted by Gasteiger charge is -2.20. The lowest BCUT2D eigenvalue weighted by molar-refractivity contribution is 0.797. The highest BCUT2D eigenvalue weighted by Gasteiger charge is 2.21. The molecule has 1 aromatic heterocycles. The van der Waals surface area contributed by atoms with Gasteiger partial charge in [0.1, 0.15) is 5.82 Å². The van der Waals surface area contributed by atoms with E-state index >= 15 is 0 Å². The zero-order valence-electron chi connectivity index (χ0n) is 11.4. The molecular formula is C16H19N3. The third-order valence-corrected chi connectivity index (χ3v) is 3.77. The summed E-state index contributed by atoms with van der Waals surface area (Å²) in [5.41, 5.74) is 10.8. The monoisotopic (exact) mass is 253 g/mol. The summed E-state index contributed by atoms with van der Waals surface area (Å²) in [6, 6.07) is 12.8. The van der Waals surface area contributed by atoms with Crippen LogP contribution < -0.4 is 10.6 Å². The smallest absolute Gasteiger partial charge is 0.133 e. The van der Waals surface area contributed by atoms with Crippen molar-refractivity contribution in [2.24, 2.45) is 5.73 Å². The van der Waals surface area contributed by atoms with Crippen LogP contribution in [0.3, 0.4) is 0 Å². The molecule has 0 saturated carbocycles. The molecule has 0 fully saturated rings. The molecule has 0 aliphatic carbocycles. The molecule has 3 heteroatoms. The molecule has 2 heterocycles. The maximum atomic E-state index is 5.94. The van der Waals surface area contributed by atoms with Gasteiger partial charge in [-0.05, 0) is 43.5 Å². The van der Waals surface area contributed by atoms with Crippen LogP contribution in [0.1, 0.15) is 29.8 Å². The van der Waals surface area contributed by atoms with Gasteiger partial charge in [-0.25, -0.2) is 4.98 Å². The first-order valence-electron chi connectivity index (χ1n) is 6.75. The number of aromatic nitrogens is 1. The molecule has 19 heavy (non-hydrogen) atoms. The van der Waals surface area contributed by atoms with Gasteiger partial charge in [0.25, 0.3) is 0 Å². The number of hydrogen-bond acceptors (Lipinski definition) is 3. The summed E-state index contributed by atoms with van der Waals surface area (Å²) in [5, 5.41) is 0. The molecule has 0 radical (unpaired) electrons. The molecule has 0 unspecified atom stereocenters. The molecule has 1 aromatic carbocycles. The minimum atomic E-state index is 0.0346. The number of rotatable bonds is 2. The van der Waals surface area contributed by atoms with Crippen LogP contribution in [-0.4, -0.2) is 11.5 Å². The molecule has 0 spiro atoms. The van der Waals surface area contributed by atoms with Crippen LogP contribution in [0.15, 0.2) is 36.4 Å². The number of aryl methyl sites for hydroxylation is 1. The average Bonchev–Trinajstić information content (AvgIpc) is 2.82. The predicted molar refractivity (Wildman–Crippen MR) is 78.7 cm³/mol. The van der Waals surface area contributed by atoms with E-state index < -0.39 is 0 Å². The topological polar surface area (TPSA) is 42.2 Å². The standard InChI is InChI=1S/C16H19N3/c1-11(17)14-7-8-16(18-12(14)2)19-10-9-13-5-3-4-6-15(13)19/h3-8,11H,9-10,17H2,1-2H3/t11-/m0/s1.